The number of nitrogens with zero attached hydrogens (tertiary/aromatic N) is 1. The van der Waals surface area contributed by atoms with E-state index < -0.39 is 28.1 Å². The Morgan fingerprint density at radius 3 is 2.36 bits per heavy atom. The molecule has 0 aliphatic rings. The molecule has 0 radical (unpaired) electrons. The number of carbonyl (C=O) groups is 1. The zero-order valence-electron chi connectivity index (χ0n) is 12.9. The van der Waals surface area contributed by atoms with Crippen LogP contribution in [0.5, 0.6) is 0 Å². The second-order valence-corrected chi connectivity index (χ2v) is 7.00. The second kappa shape index (κ2) is 6.40. The minimum atomic E-state index is -3.96. The SMILES string of the molecule is O=C(O)Cn1c(=O)c(NS(=O)(=O)c2ccccc2)cc2ccccc21. The molecule has 0 unspecified atom stereocenters. The Morgan fingerprint density at radius 1 is 1.04 bits per heavy atom. The van der Waals surface area contributed by atoms with Crippen LogP contribution in [-0.2, 0) is 21.4 Å². The van der Waals surface area contributed by atoms with Gasteiger partial charge in [0.05, 0.1) is 10.4 Å². The van der Waals surface area contributed by atoms with Crippen molar-refractivity contribution in [1.82, 2.24) is 4.57 Å². The fraction of sp³-hybridized carbons (Fsp3) is 0.0588. The Balaban J connectivity index is 2.16. The predicted octanol–water partition coefficient (Wildman–Crippen LogP) is 1.89. The summed E-state index contributed by atoms with van der Waals surface area (Å²) in [6.07, 6.45) is 0. The highest BCUT2D eigenvalue weighted by Gasteiger charge is 2.18. The number of rotatable bonds is 5. The van der Waals surface area contributed by atoms with Gasteiger partial charge in [0.25, 0.3) is 15.6 Å². The summed E-state index contributed by atoms with van der Waals surface area (Å²) < 4.78 is 28.2. The summed E-state index contributed by atoms with van der Waals surface area (Å²) in [6, 6.07) is 15.7. The smallest absolute Gasteiger partial charge is 0.323 e. The number of hydrogen-bond donors (Lipinski definition) is 2. The van der Waals surface area contributed by atoms with Gasteiger partial charge < -0.3 is 5.11 Å². The van der Waals surface area contributed by atoms with Crippen LogP contribution < -0.4 is 10.3 Å². The minimum absolute atomic E-state index is 0.00680. The normalized spacial score (nSPS) is 11.4. The number of carboxylic acid groups (broad SMARTS) is 1. The summed E-state index contributed by atoms with van der Waals surface area (Å²) in [5, 5.41) is 9.60. The number of pyridine rings is 1. The summed E-state index contributed by atoms with van der Waals surface area (Å²) in [7, 11) is -3.96. The van der Waals surface area contributed by atoms with Gasteiger partial charge in [-0.3, -0.25) is 18.9 Å². The molecular formula is C17H14N2O5S. The number of anilines is 1. The van der Waals surface area contributed by atoms with Gasteiger partial charge in [0.15, 0.2) is 0 Å². The largest absolute Gasteiger partial charge is 0.480 e. The van der Waals surface area contributed by atoms with E-state index in [1.165, 1.54) is 18.2 Å². The van der Waals surface area contributed by atoms with Gasteiger partial charge in [-0.25, -0.2) is 8.42 Å². The van der Waals surface area contributed by atoms with Crippen LogP contribution >= 0.6 is 0 Å². The molecule has 1 heterocycles. The summed E-state index contributed by atoms with van der Waals surface area (Å²) in [6.45, 7) is -0.569. The van der Waals surface area contributed by atoms with Crippen LogP contribution in [0.15, 0.2) is 70.4 Å². The Labute approximate surface area is 143 Å². The standard InChI is InChI=1S/C17H14N2O5S/c20-16(21)11-19-15-9-5-4-6-12(15)10-14(17(19)22)18-25(23,24)13-7-2-1-3-8-13/h1-10,18H,11H2,(H,20,21). The first kappa shape index (κ1) is 16.7. The molecule has 0 atom stereocenters. The van der Waals surface area contributed by atoms with E-state index in [0.29, 0.717) is 10.9 Å². The number of hydrogen-bond acceptors (Lipinski definition) is 4. The lowest BCUT2D eigenvalue weighted by Crippen LogP contribution is -2.28. The van der Waals surface area contributed by atoms with E-state index in [1.54, 1.807) is 42.5 Å². The van der Waals surface area contributed by atoms with Gasteiger partial charge in [-0.05, 0) is 24.3 Å². The molecule has 3 rings (SSSR count). The van der Waals surface area contributed by atoms with Gasteiger partial charge >= 0.3 is 5.97 Å². The molecule has 2 aromatic carbocycles. The predicted molar refractivity (Wildman–Crippen MR) is 93.1 cm³/mol. The monoisotopic (exact) mass is 358 g/mol. The van der Waals surface area contributed by atoms with Crippen LogP contribution in [0.4, 0.5) is 5.69 Å². The van der Waals surface area contributed by atoms with Crippen molar-refractivity contribution in [2.45, 2.75) is 11.4 Å². The number of benzene rings is 2. The first-order valence-electron chi connectivity index (χ1n) is 7.31. The molecule has 25 heavy (non-hydrogen) atoms. The maximum Gasteiger partial charge on any atom is 0.323 e. The van der Waals surface area contributed by atoms with Crippen molar-refractivity contribution in [3.05, 3.63) is 71.0 Å². The molecule has 0 bridgehead atoms. The highest BCUT2D eigenvalue weighted by Crippen LogP contribution is 2.18. The molecule has 3 aromatic rings. The maximum atomic E-state index is 12.6. The van der Waals surface area contributed by atoms with E-state index in [1.807, 2.05) is 0 Å². The highest BCUT2D eigenvalue weighted by molar-refractivity contribution is 7.92. The van der Waals surface area contributed by atoms with Crippen molar-refractivity contribution in [3.63, 3.8) is 0 Å². The molecule has 0 fully saturated rings. The van der Waals surface area contributed by atoms with E-state index in [9.17, 15) is 18.0 Å². The molecule has 0 spiro atoms. The highest BCUT2D eigenvalue weighted by atomic mass is 32.2. The van der Waals surface area contributed by atoms with Gasteiger partial charge in [-0.2, -0.15) is 0 Å². The van der Waals surface area contributed by atoms with E-state index in [-0.39, 0.29) is 10.6 Å². The Morgan fingerprint density at radius 2 is 1.68 bits per heavy atom. The fourth-order valence-corrected chi connectivity index (χ4v) is 3.57. The molecule has 0 aliphatic carbocycles. The number of carboxylic acids is 1. The average Bonchev–Trinajstić information content (AvgIpc) is 2.59. The number of fused-ring (bicyclic) bond motifs is 1. The lowest BCUT2D eigenvalue weighted by molar-refractivity contribution is -0.137. The van der Waals surface area contributed by atoms with Crippen molar-refractivity contribution in [2.75, 3.05) is 4.72 Å². The number of nitrogens with one attached hydrogen (secondary N) is 1. The van der Waals surface area contributed by atoms with Crippen molar-refractivity contribution in [3.8, 4) is 0 Å². The van der Waals surface area contributed by atoms with Crippen molar-refractivity contribution >= 4 is 32.6 Å². The number of sulfonamides is 1. The molecule has 0 aliphatic heterocycles. The van der Waals surface area contributed by atoms with Crippen molar-refractivity contribution in [1.29, 1.82) is 0 Å². The maximum absolute atomic E-state index is 12.6. The summed E-state index contributed by atoms with van der Waals surface area (Å²) >= 11 is 0. The molecular weight excluding hydrogens is 344 g/mol. The van der Waals surface area contributed by atoms with Gasteiger partial charge in [0.1, 0.15) is 12.2 Å². The van der Waals surface area contributed by atoms with Crippen LogP contribution in [0.1, 0.15) is 0 Å². The van der Waals surface area contributed by atoms with E-state index in [2.05, 4.69) is 4.72 Å². The lowest BCUT2D eigenvalue weighted by atomic mass is 10.2. The topological polar surface area (TPSA) is 105 Å². The molecule has 1 aromatic heterocycles. The van der Waals surface area contributed by atoms with Crippen LogP contribution in [0.3, 0.4) is 0 Å². The Bertz CT molecular complexity index is 1100. The summed E-state index contributed by atoms with van der Waals surface area (Å²) in [5.74, 6) is -1.20. The van der Waals surface area contributed by atoms with Gasteiger partial charge in [0, 0.05) is 5.39 Å². The third-order valence-electron chi connectivity index (χ3n) is 3.59. The summed E-state index contributed by atoms with van der Waals surface area (Å²) in [4.78, 5) is 23.7. The van der Waals surface area contributed by atoms with Crippen LogP contribution in [0.25, 0.3) is 10.9 Å². The molecule has 7 nitrogen and oxygen atoms in total. The minimum Gasteiger partial charge on any atom is -0.480 e. The molecule has 128 valence electrons. The van der Waals surface area contributed by atoms with Crippen LogP contribution in [-0.4, -0.2) is 24.1 Å². The third-order valence-corrected chi connectivity index (χ3v) is 4.98. The zero-order chi connectivity index (χ0) is 18.0. The quantitative estimate of drug-likeness (QED) is 0.724. The van der Waals surface area contributed by atoms with Gasteiger partial charge in [-0.15, -0.1) is 0 Å². The van der Waals surface area contributed by atoms with Crippen LogP contribution in [0, 0.1) is 0 Å². The van der Waals surface area contributed by atoms with E-state index >= 15 is 0 Å². The molecule has 8 heteroatoms. The molecule has 0 saturated heterocycles. The Hall–Kier alpha value is -3.13. The molecule has 2 N–H and O–H groups in total. The average molecular weight is 358 g/mol. The second-order valence-electron chi connectivity index (χ2n) is 5.32. The van der Waals surface area contributed by atoms with E-state index in [4.69, 9.17) is 5.11 Å². The lowest BCUT2D eigenvalue weighted by Gasteiger charge is -2.13. The number of aliphatic carboxylic acids is 1. The van der Waals surface area contributed by atoms with Gasteiger partial charge in [0.2, 0.25) is 0 Å². The van der Waals surface area contributed by atoms with E-state index in [0.717, 1.165) is 4.57 Å². The number of aromatic nitrogens is 1. The fourth-order valence-electron chi connectivity index (χ4n) is 2.50. The Kier molecular flexibility index (Phi) is 4.28. The van der Waals surface area contributed by atoms with Gasteiger partial charge in [-0.1, -0.05) is 36.4 Å². The first-order valence-corrected chi connectivity index (χ1v) is 8.79. The number of para-hydroxylation sites is 1. The summed E-state index contributed by atoms with van der Waals surface area (Å²) in [5.41, 5.74) is -0.512. The first-order chi connectivity index (χ1) is 11.9. The molecule has 0 amide bonds. The van der Waals surface area contributed by atoms with Crippen molar-refractivity contribution < 1.29 is 18.3 Å². The van der Waals surface area contributed by atoms with Crippen molar-refractivity contribution in [2.24, 2.45) is 0 Å². The molecule has 0 saturated carbocycles. The van der Waals surface area contributed by atoms with Crippen LogP contribution in [0.2, 0.25) is 0 Å². The zero-order valence-corrected chi connectivity index (χ0v) is 13.7. The third kappa shape index (κ3) is 3.38.